The number of nitrogens with one attached hydrogen (secondary N) is 1. The van der Waals surface area contributed by atoms with E-state index in [9.17, 15) is 4.79 Å². The Morgan fingerprint density at radius 3 is 2.19 bits per heavy atom. The van der Waals surface area contributed by atoms with E-state index in [1.54, 1.807) is 30.3 Å². The maximum Gasteiger partial charge on any atom is 0.257 e. The van der Waals surface area contributed by atoms with Gasteiger partial charge >= 0.3 is 0 Å². The monoisotopic (exact) mass is 363 g/mol. The minimum absolute atomic E-state index is 0.246. The number of hydrogen-bond acceptors (Lipinski definition) is 3. The average Bonchev–Trinajstić information content (AvgIpc) is 2.62. The van der Waals surface area contributed by atoms with E-state index in [-0.39, 0.29) is 5.91 Å². The lowest BCUT2D eigenvalue weighted by Crippen LogP contribution is -2.12. The Kier molecular flexibility index (Phi) is 5.44. The zero-order chi connectivity index (χ0) is 18.5. The third-order valence-corrected chi connectivity index (χ3v) is 4.28. The molecule has 130 valence electrons. The molecule has 5 heteroatoms. The Balaban J connectivity index is 1.77. The number of benzene rings is 3. The van der Waals surface area contributed by atoms with Crippen molar-refractivity contribution >= 4 is 34.6 Å². The highest BCUT2D eigenvalue weighted by Crippen LogP contribution is 2.26. The van der Waals surface area contributed by atoms with E-state index in [2.05, 4.69) is 15.5 Å². The Labute approximate surface area is 157 Å². The first-order valence-electron chi connectivity index (χ1n) is 8.18. The van der Waals surface area contributed by atoms with Gasteiger partial charge in [0, 0.05) is 5.69 Å². The van der Waals surface area contributed by atoms with Crippen LogP contribution < -0.4 is 5.32 Å². The minimum Gasteiger partial charge on any atom is -0.322 e. The van der Waals surface area contributed by atoms with Crippen LogP contribution in [-0.2, 0) is 0 Å². The summed E-state index contributed by atoms with van der Waals surface area (Å²) in [4.78, 5) is 12.3. The van der Waals surface area contributed by atoms with Crippen LogP contribution in [0.15, 0.2) is 77.0 Å². The average molecular weight is 364 g/mol. The van der Waals surface area contributed by atoms with Crippen molar-refractivity contribution in [3.63, 3.8) is 0 Å². The van der Waals surface area contributed by atoms with Gasteiger partial charge in [0.25, 0.3) is 5.91 Å². The van der Waals surface area contributed by atoms with E-state index in [1.165, 1.54) is 0 Å². The maximum absolute atomic E-state index is 12.3. The lowest BCUT2D eigenvalue weighted by molar-refractivity contribution is 0.102. The molecule has 26 heavy (non-hydrogen) atoms. The molecule has 4 nitrogen and oxygen atoms in total. The fourth-order valence-electron chi connectivity index (χ4n) is 2.47. The summed E-state index contributed by atoms with van der Waals surface area (Å²) in [6.07, 6.45) is 0. The van der Waals surface area contributed by atoms with Crippen LogP contribution in [0, 0.1) is 13.8 Å². The van der Waals surface area contributed by atoms with Crippen LogP contribution in [-0.4, -0.2) is 5.91 Å². The molecule has 0 saturated heterocycles. The van der Waals surface area contributed by atoms with Crippen molar-refractivity contribution in [3.05, 3.63) is 88.4 Å². The van der Waals surface area contributed by atoms with Gasteiger partial charge in [0.1, 0.15) is 0 Å². The van der Waals surface area contributed by atoms with E-state index in [4.69, 9.17) is 11.6 Å². The molecule has 0 fully saturated rings. The van der Waals surface area contributed by atoms with Crippen molar-refractivity contribution in [2.75, 3.05) is 5.32 Å². The van der Waals surface area contributed by atoms with Gasteiger partial charge in [-0.3, -0.25) is 4.79 Å². The number of azo groups is 1. The van der Waals surface area contributed by atoms with Crippen LogP contribution in [0.4, 0.5) is 17.1 Å². The molecule has 0 heterocycles. The van der Waals surface area contributed by atoms with Gasteiger partial charge in [-0.2, -0.15) is 10.2 Å². The molecule has 0 aliphatic carbocycles. The van der Waals surface area contributed by atoms with Crippen LogP contribution in [0.5, 0.6) is 0 Å². The molecule has 1 amide bonds. The molecule has 3 rings (SSSR count). The number of aryl methyl sites for hydroxylation is 2. The molecule has 0 spiro atoms. The molecule has 0 aliphatic rings. The SMILES string of the molecule is Cc1ccccc1N=Nc1ccc(NC(=O)c2ccccc2Cl)cc1C. The normalized spacial score (nSPS) is 10.9. The predicted octanol–water partition coefficient (Wildman–Crippen LogP) is 6.62. The van der Waals surface area contributed by atoms with Crippen LogP contribution in [0.1, 0.15) is 21.5 Å². The molecule has 0 aliphatic heterocycles. The van der Waals surface area contributed by atoms with Crippen LogP contribution >= 0.6 is 11.6 Å². The summed E-state index contributed by atoms with van der Waals surface area (Å²) >= 11 is 6.07. The number of halogens is 1. The van der Waals surface area contributed by atoms with Gasteiger partial charge in [-0.15, -0.1) is 0 Å². The summed E-state index contributed by atoms with van der Waals surface area (Å²) in [5, 5.41) is 11.9. The standard InChI is InChI=1S/C21H18ClN3O/c1-14-7-3-6-10-19(14)24-25-20-12-11-16(13-15(20)2)23-21(26)17-8-4-5-9-18(17)22/h3-13H,1-2H3,(H,23,26). The quantitative estimate of drug-likeness (QED) is 0.520. The molecule has 3 aromatic rings. The maximum atomic E-state index is 12.3. The number of amides is 1. The molecule has 1 N–H and O–H groups in total. The molecule has 0 atom stereocenters. The second-order valence-electron chi connectivity index (χ2n) is 5.92. The number of anilines is 1. The number of carbonyl (C=O) groups excluding carboxylic acids is 1. The summed E-state index contributed by atoms with van der Waals surface area (Å²) in [5.41, 5.74) is 4.70. The van der Waals surface area contributed by atoms with Gasteiger partial charge in [-0.1, -0.05) is 41.9 Å². The molecule has 0 aromatic heterocycles. The lowest BCUT2D eigenvalue weighted by atomic mass is 10.1. The molecule has 3 aromatic carbocycles. The first-order valence-corrected chi connectivity index (χ1v) is 8.56. The highest BCUT2D eigenvalue weighted by Gasteiger charge is 2.10. The third kappa shape index (κ3) is 4.16. The second kappa shape index (κ2) is 7.93. The van der Waals surface area contributed by atoms with Gasteiger partial charge in [0.05, 0.1) is 22.0 Å². The van der Waals surface area contributed by atoms with E-state index in [1.807, 2.05) is 50.2 Å². The van der Waals surface area contributed by atoms with Gasteiger partial charge in [-0.25, -0.2) is 0 Å². The molecular weight excluding hydrogens is 346 g/mol. The van der Waals surface area contributed by atoms with Gasteiger partial charge in [0.15, 0.2) is 0 Å². The molecule has 0 saturated carbocycles. The van der Waals surface area contributed by atoms with Gasteiger partial charge < -0.3 is 5.32 Å². The summed E-state index contributed by atoms with van der Waals surface area (Å²) < 4.78 is 0. The Morgan fingerprint density at radius 1 is 0.846 bits per heavy atom. The third-order valence-electron chi connectivity index (χ3n) is 3.95. The number of rotatable bonds is 4. The molecule has 0 bridgehead atoms. The molecule has 0 radical (unpaired) electrons. The molecule has 0 unspecified atom stereocenters. The fourth-order valence-corrected chi connectivity index (χ4v) is 2.69. The van der Waals surface area contributed by atoms with Crippen LogP contribution in [0.25, 0.3) is 0 Å². The minimum atomic E-state index is -0.246. The first kappa shape index (κ1) is 17.8. The Bertz CT molecular complexity index is 982. The van der Waals surface area contributed by atoms with Crippen molar-refractivity contribution in [2.24, 2.45) is 10.2 Å². The van der Waals surface area contributed by atoms with Crippen molar-refractivity contribution < 1.29 is 4.79 Å². The topological polar surface area (TPSA) is 53.8 Å². The summed E-state index contributed by atoms with van der Waals surface area (Å²) in [7, 11) is 0. The zero-order valence-corrected chi connectivity index (χ0v) is 15.3. The van der Waals surface area contributed by atoms with Crippen molar-refractivity contribution in [3.8, 4) is 0 Å². The van der Waals surface area contributed by atoms with E-state index >= 15 is 0 Å². The number of carbonyl (C=O) groups is 1. The van der Waals surface area contributed by atoms with Crippen LogP contribution in [0.2, 0.25) is 5.02 Å². The smallest absolute Gasteiger partial charge is 0.257 e. The Morgan fingerprint density at radius 2 is 1.50 bits per heavy atom. The fraction of sp³-hybridized carbons (Fsp3) is 0.0952. The summed E-state index contributed by atoms with van der Waals surface area (Å²) in [6, 6.07) is 20.3. The van der Waals surface area contributed by atoms with E-state index in [0.29, 0.717) is 16.3 Å². The van der Waals surface area contributed by atoms with Crippen molar-refractivity contribution in [2.45, 2.75) is 13.8 Å². The number of nitrogens with zero attached hydrogens (tertiary/aromatic N) is 2. The summed E-state index contributed by atoms with van der Waals surface area (Å²) in [6.45, 7) is 3.92. The highest BCUT2D eigenvalue weighted by molar-refractivity contribution is 6.34. The molecular formula is C21H18ClN3O. The number of hydrogen-bond donors (Lipinski definition) is 1. The van der Waals surface area contributed by atoms with Crippen LogP contribution in [0.3, 0.4) is 0 Å². The van der Waals surface area contributed by atoms with Crippen molar-refractivity contribution in [1.29, 1.82) is 0 Å². The Hall–Kier alpha value is -2.98. The predicted molar refractivity (Wildman–Crippen MR) is 106 cm³/mol. The van der Waals surface area contributed by atoms with Gasteiger partial charge in [-0.05, 0) is 61.4 Å². The van der Waals surface area contributed by atoms with E-state index < -0.39 is 0 Å². The van der Waals surface area contributed by atoms with Crippen molar-refractivity contribution in [1.82, 2.24) is 0 Å². The second-order valence-corrected chi connectivity index (χ2v) is 6.33. The first-order chi connectivity index (χ1) is 12.5. The lowest BCUT2D eigenvalue weighted by Gasteiger charge is -2.08. The summed E-state index contributed by atoms with van der Waals surface area (Å²) in [5.74, 6) is -0.246. The zero-order valence-electron chi connectivity index (χ0n) is 14.5. The largest absolute Gasteiger partial charge is 0.322 e. The van der Waals surface area contributed by atoms with E-state index in [0.717, 1.165) is 22.5 Å². The van der Waals surface area contributed by atoms with Gasteiger partial charge in [0.2, 0.25) is 0 Å². The highest BCUT2D eigenvalue weighted by atomic mass is 35.5.